The van der Waals surface area contributed by atoms with Gasteiger partial charge in [0.2, 0.25) is 5.91 Å². The van der Waals surface area contributed by atoms with Gasteiger partial charge in [-0.3, -0.25) is 4.79 Å². The smallest absolute Gasteiger partial charge is 0.235 e. The minimum atomic E-state index is -0.315. The maximum Gasteiger partial charge on any atom is 0.235 e. The summed E-state index contributed by atoms with van der Waals surface area (Å²) in [5.41, 5.74) is 5.23. The third kappa shape index (κ3) is 6.79. The zero-order chi connectivity index (χ0) is 11.8. The quantitative estimate of drug-likeness (QED) is 0.555. The molecule has 0 aliphatic rings. The van der Waals surface area contributed by atoms with Crippen LogP contribution in [0.4, 0.5) is 0 Å². The molecule has 0 bridgehead atoms. The Labute approximate surface area is 98.6 Å². The van der Waals surface area contributed by atoms with Gasteiger partial charge in [-0.2, -0.15) is 12.6 Å². The summed E-state index contributed by atoms with van der Waals surface area (Å²) >= 11 is 4.09. The SMILES string of the molecule is CC[C@H](CNC(CS)C(N)=O)CC(C)C. The molecule has 1 unspecified atom stereocenters. The topological polar surface area (TPSA) is 55.1 Å². The van der Waals surface area contributed by atoms with E-state index in [0.717, 1.165) is 13.0 Å². The molecule has 0 aromatic rings. The summed E-state index contributed by atoms with van der Waals surface area (Å²) in [5, 5.41) is 3.17. The molecule has 0 radical (unpaired) electrons. The lowest BCUT2D eigenvalue weighted by molar-refractivity contribution is -0.119. The minimum absolute atomic E-state index is 0.297. The Kier molecular flexibility index (Phi) is 7.88. The molecule has 0 rings (SSSR count). The first-order valence-corrected chi connectivity index (χ1v) is 6.28. The van der Waals surface area contributed by atoms with E-state index in [9.17, 15) is 4.79 Å². The van der Waals surface area contributed by atoms with Crippen LogP contribution in [0.25, 0.3) is 0 Å². The normalized spacial score (nSPS) is 15.3. The average Bonchev–Trinajstić information content (AvgIpc) is 2.15. The van der Waals surface area contributed by atoms with Crippen molar-refractivity contribution in [2.45, 2.75) is 39.7 Å². The fourth-order valence-electron chi connectivity index (χ4n) is 1.63. The van der Waals surface area contributed by atoms with Crippen LogP contribution in [0.2, 0.25) is 0 Å². The summed E-state index contributed by atoms with van der Waals surface area (Å²) in [4.78, 5) is 11.0. The van der Waals surface area contributed by atoms with Gasteiger partial charge in [-0.15, -0.1) is 0 Å². The van der Waals surface area contributed by atoms with Crippen LogP contribution < -0.4 is 11.1 Å². The summed E-state index contributed by atoms with van der Waals surface area (Å²) in [7, 11) is 0. The molecule has 0 aromatic heterocycles. The molecule has 90 valence electrons. The van der Waals surface area contributed by atoms with Gasteiger partial charge in [0, 0.05) is 5.75 Å². The van der Waals surface area contributed by atoms with Gasteiger partial charge in [0.15, 0.2) is 0 Å². The van der Waals surface area contributed by atoms with E-state index in [1.54, 1.807) is 0 Å². The molecular formula is C11H24N2OS. The van der Waals surface area contributed by atoms with Crippen molar-refractivity contribution < 1.29 is 4.79 Å². The predicted octanol–water partition coefficient (Wildman–Crippen LogP) is 1.43. The summed E-state index contributed by atoms with van der Waals surface area (Å²) < 4.78 is 0. The van der Waals surface area contributed by atoms with Gasteiger partial charge in [0.1, 0.15) is 0 Å². The van der Waals surface area contributed by atoms with Gasteiger partial charge in [0.05, 0.1) is 6.04 Å². The standard InChI is InChI=1S/C11H24N2OS/c1-4-9(5-8(2)3)6-13-10(7-15)11(12)14/h8-10,13,15H,4-7H2,1-3H3,(H2,12,14)/t9-,10?/m0/s1. The number of carbonyl (C=O) groups is 1. The van der Waals surface area contributed by atoms with Crippen molar-refractivity contribution >= 4 is 18.5 Å². The second-order valence-electron chi connectivity index (χ2n) is 4.45. The summed E-state index contributed by atoms with van der Waals surface area (Å²) in [6.07, 6.45) is 2.31. The number of rotatable bonds is 8. The number of carbonyl (C=O) groups excluding carboxylic acids is 1. The molecule has 0 aliphatic heterocycles. The summed E-state index contributed by atoms with van der Waals surface area (Å²) in [6, 6.07) is -0.297. The lowest BCUT2D eigenvalue weighted by Crippen LogP contribution is -2.44. The van der Waals surface area contributed by atoms with Gasteiger partial charge in [-0.25, -0.2) is 0 Å². The van der Waals surface area contributed by atoms with E-state index in [1.807, 2.05) is 0 Å². The van der Waals surface area contributed by atoms with Crippen molar-refractivity contribution in [1.29, 1.82) is 0 Å². The number of hydrogen-bond acceptors (Lipinski definition) is 3. The molecule has 0 aliphatic carbocycles. The Morgan fingerprint density at radius 3 is 2.40 bits per heavy atom. The van der Waals surface area contributed by atoms with Crippen LogP contribution in [0.5, 0.6) is 0 Å². The van der Waals surface area contributed by atoms with Crippen molar-refractivity contribution in [2.75, 3.05) is 12.3 Å². The molecule has 0 spiro atoms. The lowest BCUT2D eigenvalue weighted by Gasteiger charge is -2.20. The van der Waals surface area contributed by atoms with Crippen molar-refractivity contribution in [2.24, 2.45) is 17.6 Å². The van der Waals surface area contributed by atoms with E-state index in [4.69, 9.17) is 5.73 Å². The highest BCUT2D eigenvalue weighted by atomic mass is 32.1. The summed E-state index contributed by atoms with van der Waals surface area (Å²) in [5.74, 6) is 1.46. The highest BCUT2D eigenvalue weighted by Crippen LogP contribution is 2.14. The molecule has 0 aromatic carbocycles. The molecular weight excluding hydrogens is 208 g/mol. The number of amides is 1. The molecule has 0 fully saturated rings. The van der Waals surface area contributed by atoms with E-state index in [2.05, 4.69) is 38.7 Å². The van der Waals surface area contributed by atoms with Crippen LogP contribution in [0, 0.1) is 11.8 Å². The third-order valence-electron chi connectivity index (χ3n) is 2.56. The number of thiol groups is 1. The maximum absolute atomic E-state index is 11.0. The fourth-order valence-corrected chi connectivity index (χ4v) is 1.93. The van der Waals surface area contributed by atoms with Crippen LogP contribution in [0.15, 0.2) is 0 Å². The number of primary amides is 1. The monoisotopic (exact) mass is 232 g/mol. The van der Waals surface area contributed by atoms with Gasteiger partial charge in [-0.1, -0.05) is 27.2 Å². The maximum atomic E-state index is 11.0. The fraction of sp³-hybridized carbons (Fsp3) is 0.909. The largest absolute Gasteiger partial charge is 0.368 e. The molecule has 0 heterocycles. The molecule has 2 atom stereocenters. The van der Waals surface area contributed by atoms with Crippen molar-refractivity contribution in [3.63, 3.8) is 0 Å². The van der Waals surface area contributed by atoms with Crippen LogP contribution in [0.3, 0.4) is 0 Å². The van der Waals surface area contributed by atoms with E-state index in [0.29, 0.717) is 17.6 Å². The van der Waals surface area contributed by atoms with E-state index in [-0.39, 0.29) is 11.9 Å². The Morgan fingerprint density at radius 2 is 2.07 bits per heavy atom. The minimum Gasteiger partial charge on any atom is -0.368 e. The molecule has 0 saturated carbocycles. The first kappa shape index (κ1) is 14.8. The first-order valence-electron chi connectivity index (χ1n) is 5.64. The molecule has 3 N–H and O–H groups in total. The van der Waals surface area contributed by atoms with Gasteiger partial charge >= 0.3 is 0 Å². The van der Waals surface area contributed by atoms with Crippen molar-refractivity contribution in [1.82, 2.24) is 5.32 Å². The Bertz CT molecular complexity index is 185. The molecule has 3 nitrogen and oxygen atoms in total. The first-order chi connectivity index (χ1) is 7.01. The molecule has 1 amide bonds. The molecule has 4 heteroatoms. The Morgan fingerprint density at radius 1 is 1.47 bits per heavy atom. The lowest BCUT2D eigenvalue weighted by atomic mass is 9.94. The Hall–Kier alpha value is -0.220. The van der Waals surface area contributed by atoms with E-state index >= 15 is 0 Å². The third-order valence-corrected chi connectivity index (χ3v) is 2.93. The second kappa shape index (κ2) is 7.99. The van der Waals surface area contributed by atoms with E-state index in [1.165, 1.54) is 6.42 Å². The average molecular weight is 232 g/mol. The second-order valence-corrected chi connectivity index (χ2v) is 4.81. The van der Waals surface area contributed by atoms with Crippen molar-refractivity contribution in [3.8, 4) is 0 Å². The highest BCUT2D eigenvalue weighted by Gasteiger charge is 2.15. The number of nitrogens with two attached hydrogens (primary N) is 1. The van der Waals surface area contributed by atoms with Crippen molar-refractivity contribution in [3.05, 3.63) is 0 Å². The zero-order valence-corrected chi connectivity index (χ0v) is 10.9. The predicted molar refractivity (Wildman–Crippen MR) is 68.1 cm³/mol. The van der Waals surface area contributed by atoms with E-state index < -0.39 is 0 Å². The van der Waals surface area contributed by atoms with Gasteiger partial charge in [-0.05, 0) is 24.8 Å². The van der Waals surface area contributed by atoms with Crippen LogP contribution in [0.1, 0.15) is 33.6 Å². The van der Waals surface area contributed by atoms with Crippen LogP contribution >= 0.6 is 12.6 Å². The highest BCUT2D eigenvalue weighted by molar-refractivity contribution is 7.80. The Balaban J connectivity index is 3.92. The summed E-state index contributed by atoms with van der Waals surface area (Å²) in [6.45, 7) is 7.46. The van der Waals surface area contributed by atoms with Crippen LogP contribution in [-0.2, 0) is 4.79 Å². The van der Waals surface area contributed by atoms with Gasteiger partial charge < -0.3 is 11.1 Å². The number of nitrogens with one attached hydrogen (secondary N) is 1. The van der Waals surface area contributed by atoms with Gasteiger partial charge in [0.25, 0.3) is 0 Å². The molecule has 15 heavy (non-hydrogen) atoms. The zero-order valence-electron chi connectivity index (χ0n) is 9.99. The van der Waals surface area contributed by atoms with Crippen LogP contribution in [-0.4, -0.2) is 24.2 Å². The molecule has 0 saturated heterocycles. The number of hydrogen-bond donors (Lipinski definition) is 3.